The van der Waals surface area contributed by atoms with Gasteiger partial charge < -0.3 is 5.32 Å². The fourth-order valence-electron chi connectivity index (χ4n) is 2.69. The fraction of sp³-hybridized carbons (Fsp3) is 0.733. The average molecular weight is 266 g/mol. The van der Waals surface area contributed by atoms with Gasteiger partial charge in [0.1, 0.15) is 0 Å². The van der Waals surface area contributed by atoms with Gasteiger partial charge in [0.05, 0.1) is 0 Å². The number of rotatable bonds is 5. The van der Waals surface area contributed by atoms with Crippen molar-refractivity contribution < 1.29 is 0 Å². The first kappa shape index (κ1) is 14.0. The van der Waals surface area contributed by atoms with Crippen LogP contribution in [-0.4, -0.2) is 31.1 Å². The summed E-state index contributed by atoms with van der Waals surface area (Å²) in [7, 11) is 0. The molecule has 0 unspecified atom stereocenters. The minimum absolute atomic E-state index is 0.648. The lowest BCUT2D eigenvalue weighted by atomic mass is 9.99. The van der Waals surface area contributed by atoms with E-state index in [1.165, 1.54) is 31.5 Å². The first-order valence-electron chi connectivity index (χ1n) is 7.17. The van der Waals surface area contributed by atoms with Gasteiger partial charge >= 0.3 is 0 Å². The molecule has 102 valence electrons. The highest BCUT2D eigenvalue weighted by Crippen LogP contribution is 2.33. The van der Waals surface area contributed by atoms with Gasteiger partial charge in [0.2, 0.25) is 0 Å². The quantitative estimate of drug-likeness (QED) is 0.878. The molecule has 0 saturated carbocycles. The first-order chi connectivity index (χ1) is 8.68. The number of piperazine rings is 1. The molecule has 0 aromatic carbocycles. The van der Waals surface area contributed by atoms with Crippen molar-refractivity contribution in [2.24, 2.45) is 5.92 Å². The van der Waals surface area contributed by atoms with Crippen molar-refractivity contribution in [3.8, 4) is 0 Å². The molecule has 0 bridgehead atoms. The van der Waals surface area contributed by atoms with Crippen LogP contribution in [0.25, 0.3) is 0 Å². The zero-order valence-electron chi connectivity index (χ0n) is 11.9. The monoisotopic (exact) mass is 266 g/mol. The third-order valence-corrected chi connectivity index (χ3v) is 4.93. The van der Waals surface area contributed by atoms with E-state index in [1.807, 2.05) is 11.3 Å². The Labute approximate surface area is 115 Å². The maximum absolute atomic E-state index is 3.46. The SMILES string of the molecule is Cc1ccsc1[C@@H](CCC(C)C)N1CCNCC1. The Balaban J connectivity index is 2.09. The molecule has 3 heteroatoms. The van der Waals surface area contributed by atoms with Crippen LogP contribution in [0.15, 0.2) is 11.4 Å². The normalized spacial score (nSPS) is 19.3. The summed E-state index contributed by atoms with van der Waals surface area (Å²) in [5, 5.41) is 5.70. The second kappa shape index (κ2) is 6.69. The lowest BCUT2D eigenvalue weighted by Gasteiger charge is -2.35. The molecule has 0 amide bonds. The molecule has 1 aromatic rings. The van der Waals surface area contributed by atoms with E-state index in [0.717, 1.165) is 19.0 Å². The van der Waals surface area contributed by atoms with Crippen LogP contribution in [0.3, 0.4) is 0 Å². The van der Waals surface area contributed by atoms with Gasteiger partial charge in [-0.25, -0.2) is 0 Å². The molecule has 1 fully saturated rings. The molecule has 18 heavy (non-hydrogen) atoms. The van der Waals surface area contributed by atoms with Crippen LogP contribution in [0.5, 0.6) is 0 Å². The molecule has 1 saturated heterocycles. The van der Waals surface area contributed by atoms with E-state index in [0.29, 0.717) is 6.04 Å². The highest BCUT2D eigenvalue weighted by atomic mass is 32.1. The number of hydrogen-bond acceptors (Lipinski definition) is 3. The van der Waals surface area contributed by atoms with E-state index in [-0.39, 0.29) is 0 Å². The molecular formula is C15H26N2S. The molecule has 1 N–H and O–H groups in total. The van der Waals surface area contributed by atoms with Gasteiger partial charge in [-0.15, -0.1) is 11.3 Å². The van der Waals surface area contributed by atoms with Gasteiger partial charge in [0, 0.05) is 37.1 Å². The van der Waals surface area contributed by atoms with Crippen molar-refractivity contribution >= 4 is 11.3 Å². The number of hydrogen-bond donors (Lipinski definition) is 1. The van der Waals surface area contributed by atoms with Crippen molar-refractivity contribution in [2.75, 3.05) is 26.2 Å². The molecule has 1 atom stereocenters. The Kier molecular flexibility index (Phi) is 5.22. The van der Waals surface area contributed by atoms with Crippen LogP contribution in [0.4, 0.5) is 0 Å². The van der Waals surface area contributed by atoms with Crippen LogP contribution in [-0.2, 0) is 0 Å². The summed E-state index contributed by atoms with van der Waals surface area (Å²) in [6.45, 7) is 11.6. The van der Waals surface area contributed by atoms with Crippen LogP contribution in [0.1, 0.15) is 43.2 Å². The molecule has 2 heterocycles. The highest BCUT2D eigenvalue weighted by molar-refractivity contribution is 7.10. The Morgan fingerprint density at radius 2 is 2.00 bits per heavy atom. The zero-order chi connectivity index (χ0) is 13.0. The summed E-state index contributed by atoms with van der Waals surface area (Å²) in [6, 6.07) is 2.92. The van der Waals surface area contributed by atoms with E-state index >= 15 is 0 Å². The first-order valence-corrected chi connectivity index (χ1v) is 8.05. The minimum atomic E-state index is 0.648. The lowest BCUT2D eigenvalue weighted by molar-refractivity contribution is 0.162. The standard InChI is InChI=1S/C15H26N2S/c1-12(2)4-5-14(15-13(3)6-11-18-15)17-9-7-16-8-10-17/h6,11-12,14,16H,4-5,7-10H2,1-3H3/t14-/m1/s1. The fourth-order valence-corrected chi connectivity index (χ4v) is 3.79. The van der Waals surface area contributed by atoms with E-state index in [4.69, 9.17) is 0 Å². The lowest BCUT2D eigenvalue weighted by Crippen LogP contribution is -2.45. The maximum Gasteiger partial charge on any atom is 0.0445 e. The van der Waals surface area contributed by atoms with Crippen molar-refractivity contribution in [1.29, 1.82) is 0 Å². The summed E-state index contributed by atoms with van der Waals surface area (Å²) < 4.78 is 0. The van der Waals surface area contributed by atoms with Gasteiger partial charge in [-0.2, -0.15) is 0 Å². The Hall–Kier alpha value is -0.380. The maximum atomic E-state index is 3.46. The van der Waals surface area contributed by atoms with Gasteiger partial charge in [-0.05, 0) is 42.7 Å². The molecule has 2 nitrogen and oxygen atoms in total. The van der Waals surface area contributed by atoms with Gasteiger partial charge in [0.25, 0.3) is 0 Å². The second-order valence-electron chi connectivity index (χ2n) is 5.74. The van der Waals surface area contributed by atoms with E-state index in [2.05, 4.69) is 42.4 Å². The summed E-state index contributed by atoms with van der Waals surface area (Å²) in [4.78, 5) is 4.27. The Bertz CT molecular complexity index is 353. The van der Waals surface area contributed by atoms with Crippen LogP contribution in [0.2, 0.25) is 0 Å². The van der Waals surface area contributed by atoms with Crippen LogP contribution >= 0.6 is 11.3 Å². The molecule has 0 aliphatic carbocycles. The van der Waals surface area contributed by atoms with Crippen molar-refractivity contribution in [1.82, 2.24) is 10.2 Å². The summed E-state index contributed by atoms with van der Waals surface area (Å²) in [6.07, 6.45) is 2.63. The number of thiophene rings is 1. The average Bonchev–Trinajstić information content (AvgIpc) is 2.77. The van der Waals surface area contributed by atoms with Crippen LogP contribution in [0, 0.1) is 12.8 Å². The highest BCUT2D eigenvalue weighted by Gasteiger charge is 2.24. The Morgan fingerprint density at radius 1 is 1.28 bits per heavy atom. The zero-order valence-corrected chi connectivity index (χ0v) is 12.7. The summed E-state index contributed by atoms with van der Waals surface area (Å²) in [5.41, 5.74) is 1.48. The molecule has 0 spiro atoms. The largest absolute Gasteiger partial charge is 0.314 e. The number of nitrogens with zero attached hydrogens (tertiary/aromatic N) is 1. The summed E-state index contributed by atoms with van der Waals surface area (Å²) >= 11 is 1.94. The van der Waals surface area contributed by atoms with Crippen molar-refractivity contribution in [3.63, 3.8) is 0 Å². The minimum Gasteiger partial charge on any atom is -0.314 e. The molecule has 1 aliphatic heterocycles. The molecule has 2 rings (SSSR count). The number of nitrogens with one attached hydrogen (secondary N) is 1. The Morgan fingerprint density at radius 3 is 2.56 bits per heavy atom. The predicted octanol–water partition coefficient (Wildman–Crippen LogP) is 3.44. The van der Waals surface area contributed by atoms with Crippen LogP contribution < -0.4 is 5.32 Å². The third-order valence-electron chi connectivity index (χ3n) is 3.81. The van der Waals surface area contributed by atoms with Gasteiger partial charge in [-0.1, -0.05) is 13.8 Å². The summed E-state index contributed by atoms with van der Waals surface area (Å²) in [5.74, 6) is 0.802. The van der Waals surface area contributed by atoms with Gasteiger partial charge in [-0.3, -0.25) is 4.90 Å². The molecule has 0 radical (unpaired) electrons. The van der Waals surface area contributed by atoms with E-state index in [9.17, 15) is 0 Å². The molecule has 1 aromatic heterocycles. The predicted molar refractivity (Wildman–Crippen MR) is 80.3 cm³/mol. The third kappa shape index (κ3) is 3.56. The number of aryl methyl sites for hydroxylation is 1. The molecule has 1 aliphatic rings. The smallest absolute Gasteiger partial charge is 0.0445 e. The van der Waals surface area contributed by atoms with E-state index < -0.39 is 0 Å². The topological polar surface area (TPSA) is 15.3 Å². The second-order valence-corrected chi connectivity index (χ2v) is 6.69. The van der Waals surface area contributed by atoms with Crippen molar-refractivity contribution in [2.45, 2.75) is 39.7 Å². The molecular weight excluding hydrogens is 240 g/mol. The van der Waals surface area contributed by atoms with E-state index in [1.54, 1.807) is 4.88 Å². The van der Waals surface area contributed by atoms with Gasteiger partial charge in [0.15, 0.2) is 0 Å². The van der Waals surface area contributed by atoms with Crippen molar-refractivity contribution in [3.05, 3.63) is 21.9 Å².